The minimum atomic E-state index is 0.482. The minimum absolute atomic E-state index is 0.482. The van der Waals surface area contributed by atoms with Crippen LogP contribution in [0.25, 0.3) is 0 Å². The van der Waals surface area contributed by atoms with E-state index in [2.05, 4.69) is 21.6 Å². The summed E-state index contributed by atoms with van der Waals surface area (Å²) < 4.78 is 5.44. The van der Waals surface area contributed by atoms with Gasteiger partial charge in [-0.05, 0) is 30.7 Å². The number of hydrogen-bond acceptors (Lipinski definition) is 5. The monoisotopic (exact) mass is 254 g/mol. The van der Waals surface area contributed by atoms with Gasteiger partial charge in [0.05, 0.1) is 18.4 Å². The van der Waals surface area contributed by atoms with Crippen LogP contribution in [0.5, 0.6) is 5.75 Å². The molecule has 0 atom stereocenters. The van der Waals surface area contributed by atoms with Gasteiger partial charge in [-0.3, -0.25) is 0 Å². The van der Waals surface area contributed by atoms with Crippen LogP contribution in [0.15, 0.2) is 36.5 Å². The van der Waals surface area contributed by atoms with Crippen molar-refractivity contribution in [3.8, 4) is 11.8 Å². The van der Waals surface area contributed by atoms with Gasteiger partial charge < -0.3 is 10.1 Å². The number of nitrogens with zero attached hydrogens (tertiary/aromatic N) is 3. The normalized spacial score (nSPS) is 9.68. The Labute approximate surface area is 111 Å². The summed E-state index contributed by atoms with van der Waals surface area (Å²) in [6.07, 6.45) is 1.50. The number of ether oxygens (including phenoxy) is 1. The number of benzene rings is 1. The van der Waals surface area contributed by atoms with Crippen LogP contribution in [-0.2, 0) is 6.54 Å². The quantitative estimate of drug-likeness (QED) is 0.886. The van der Waals surface area contributed by atoms with Gasteiger partial charge in [0.15, 0.2) is 5.82 Å². The molecule has 1 aromatic heterocycles. The predicted molar refractivity (Wildman–Crippen MR) is 71.7 cm³/mol. The van der Waals surface area contributed by atoms with Gasteiger partial charge in [-0.2, -0.15) is 10.4 Å². The zero-order valence-electron chi connectivity index (χ0n) is 10.6. The van der Waals surface area contributed by atoms with Gasteiger partial charge in [0.25, 0.3) is 0 Å². The second-order valence-corrected chi connectivity index (χ2v) is 3.84. The molecule has 2 rings (SSSR count). The molecule has 0 aliphatic carbocycles. The van der Waals surface area contributed by atoms with Crippen molar-refractivity contribution >= 4 is 5.82 Å². The number of rotatable bonds is 5. The third-order valence-electron chi connectivity index (χ3n) is 2.51. The van der Waals surface area contributed by atoms with E-state index in [0.29, 0.717) is 24.5 Å². The molecule has 2 aromatic rings. The average molecular weight is 254 g/mol. The van der Waals surface area contributed by atoms with E-state index in [4.69, 9.17) is 10.00 Å². The number of nitrogens with one attached hydrogen (secondary N) is 1. The summed E-state index contributed by atoms with van der Waals surface area (Å²) in [5.74, 6) is 1.33. The highest BCUT2D eigenvalue weighted by Gasteiger charge is 2.03. The molecule has 1 N–H and O–H groups in total. The van der Waals surface area contributed by atoms with Crippen molar-refractivity contribution in [2.45, 2.75) is 13.5 Å². The van der Waals surface area contributed by atoms with E-state index in [9.17, 15) is 0 Å². The SMILES string of the molecule is CCOc1cccc(CNc2nnccc2C#N)c1. The lowest BCUT2D eigenvalue weighted by atomic mass is 10.2. The summed E-state index contributed by atoms with van der Waals surface area (Å²) in [4.78, 5) is 0. The Morgan fingerprint density at radius 1 is 1.37 bits per heavy atom. The summed E-state index contributed by atoms with van der Waals surface area (Å²) in [5.41, 5.74) is 1.54. The molecule has 0 aliphatic heterocycles. The molecule has 1 heterocycles. The summed E-state index contributed by atoms with van der Waals surface area (Å²) in [6, 6.07) is 11.5. The molecule has 5 heteroatoms. The second-order valence-electron chi connectivity index (χ2n) is 3.84. The minimum Gasteiger partial charge on any atom is -0.494 e. The van der Waals surface area contributed by atoms with E-state index in [0.717, 1.165) is 11.3 Å². The first-order valence-electron chi connectivity index (χ1n) is 6.01. The first-order valence-corrected chi connectivity index (χ1v) is 6.01. The zero-order valence-corrected chi connectivity index (χ0v) is 10.6. The molecule has 0 amide bonds. The lowest BCUT2D eigenvalue weighted by Gasteiger charge is -2.08. The molecule has 1 aromatic carbocycles. The van der Waals surface area contributed by atoms with Gasteiger partial charge in [-0.15, -0.1) is 5.10 Å². The van der Waals surface area contributed by atoms with Crippen molar-refractivity contribution in [2.75, 3.05) is 11.9 Å². The maximum absolute atomic E-state index is 8.95. The first kappa shape index (κ1) is 12.8. The van der Waals surface area contributed by atoms with Gasteiger partial charge >= 0.3 is 0 Å². The zero-order chi connectivity index (χ0) is 13.5. The average Bonchev–Trinajstić information content (AvgIpc) is 2.46. The van der Waals surface area contributed by atoms with Crippen molar-refractivity contribution in [1.82, 2.24) is 10.2 Å². The highest BCUT2D eigenvalue weighted by molar-refractivity contribution is 5.50. The molecule has 0 unspecified atom stereocenters. The summed E-state index contributed by atoms with van der Waals surface area (Å²) >= 11 is 0. The lowest BCUT2D eigenvalue weighted by molar-refractivity contribution is 0.340. The molecule has 0 saturated heterocycles. The molecule has 0 aliphatic rings. The highest BCUT2D eigenvalue weighted by atomic mass is 16.5. The number of hydrogen-bond donors (Lipinski definition) is 1. The third-order valence-corrected chi connectivity index (χ3v) is 2.51. The number of anilines is 1. The molecule has 0 spiro atoms. The van der Waals surface area contributed by atoms with Crippen LogP contribution in [-0.4, -0.2) is 16.8 Å². The van der Waals surface area contributed by atoms with Crippen molar-refractivity contribution in [1.29, 1.82) is 5.26 Å². The van der Waals surface area contributed by atoms with Crippen molar-refractivity contribution in [2.24, 2.45) is 0 Å². The van der Waals surface area contributed by atoms with Crippen LogP contribution in [0.2, 0.25) is 0 Å². The molecule has 5 nitrogen and oxygen atoms in total. The highest BCUT2D eigenvalue weighted by Crippen LogP contribution is 2.15. The number of nitriles is 1. The predicted octanol–water partition coefficient (Wildman–Crippen LogP) is 2.36. The molecule has 0 bridgehead atoms. The van der Waals surface area contributed by atoms with Crippen molar-refractivity contribution in [3.63, 3.8) is 0 Å². The van der Waals surface area contributed by atoms with E-state index in [1.807, 2.05) is 31.2 Å². The standard InChI is InChI=1S/C14H14N4O/c1-2-19-13-5-3-4-11(8-13)10-16-14-12(9-15)6-7-17-18-14/h3-8H,2,10H2,1H3,(H,16,18). The molecule has 96 valence electrons. The molecular weight excluding hydrogens is 240 g/mol. The maximum Gasteiger partial charge on any atom is 0.166 e. The summed E-state index contributed by atoms with van der Waals surface area (Å²) in [5, 5.41) is 19.7. The van der Waals surface area contributed by atoms with Gasteiger partial charge in [-0.1, -0.05) is 12.1 Å². The van der Waals surface area contributed by atoms with E-state index in [1.165, 1.54) is 6.20 Å². The van der Waals surface area contributed by atoms with Gasteiger partial charge in [0, 0.05) is 6.54 Å². The fraction of sp³-hybridized carbons (Fsp3) is 0.214. The Bertz CT molecular complexity index is 592. The Balaban J connectivity index is 2.06. The Kier molecular flexibility index (Phi) is 4.29. The van der Waals surface area contributed by atoms with E-state index in [1.54, 1.807) is 6.07 Å². The molecule has 0 saturated carbocycles. The summed E-state index contributed by atoms with van der Waals surface area (Å²) in [6.45, 7) is 3.15. The van der Waals surface area contributed by atoms with Crippen molar-refractivity contribution in [3.05, 3.63) is 47.7 Å². The van der Waals surface area contributed by atoms with Crippen LogP contribution in [0.3, 0.4) is 0 Å². The Hall–Kier alpha value is -2.61. The number of aromatic nitrogens is 2. The van der Waals surface area contributed by atoms with Crippen LogP contribution >= 0.6 is 0 Å². The van der Waals surface area contributed by atoms with Gasteiger partial charge in [0.1, 0.15) is 11.8 Å². The fourth-order valence-corrected chi connectivity index (χ4v) is 1.65. The molecule has 0 fully saturated rings. The topological polar surface area (TPSA) is 70.8 Å². The molecule has 19 heavy (non-hydrogen) atoms. The van der Waals surface area contributed by atoms with Gasteiger partial charge in [-0.25, -0.2) is 0 Å². The Morgan fingerprint density at radius 3 is 3.05 bits per heavy atom. The summed E-state index contributed by atoms with van der Waals surface area (Å²) in [7, 11) is 0. The Morgan fingerprint density at radius 2 is 2.26 bits per heavy atom. The fourth-order valence-electron chi connectivity index (χ4n) is 1.65. The van der Waals surface area contributed by atoms with Crippen LogP contribution in [0.1, 0.15) is 18.1 Å². The second kappa shape index (κ2) is 6.36. The first-order chi connectivity index (χ1) is 9.33. The smallest absolute Gasteiger partial charge is 0.166 e. The van der Waals surface area contributed by atoms with E-state index >= 15 is 0 Å². The molecule has 0 radical (unpaired) electrons. The maximum atomic E-state index is 8.95. The lowest BCUT2D eigenvalue weighted by Crippen LogP contribution is -2.04. The third kappa shape index (κ3) is 3.42. The van der Waals surface area contributed by atoms with Crippen molar-refractivity contribution < 1.29 is 4.74 Å². The van der Waals surface area contributed by atoms with Crippen LogP contribution < -0.4 is 10.1 Å². The van der Waals surface area contributed by atoms with E-state index < -0.39 is 0 Å². The largest absolute Gasteiger partial charge is 0.494 e. The molecular formula is C14H14N4O. The van der Waals surface area contributed by atoms with Gasteiger partial charge in [0.2, 0.25) is 0 Å². The van der Waals surface area contributed by atoms with E-state index in [-0.39, 0.29) is 0 Å². The van der Waals surface area contributed by atoms with Crippen LogP contribution in [0.4, 0.5) is 5.82 Å². The van der Waals surface area contributed by atoms with Crippen LogP contribution in [0, 0.1) is 11.3 Å².